The highest BCUT2D eigenvalue weighted by molar-refractivity contribution is 5.94. The van der Waals surface area contributed by atoms with Crippen molar-refractivity contribution in [3.63, 3.8) is 0 Å². The Morgan fingerprint density at radius 3 is 2.50 bits per heavy atom. The summed E-state index contributed by atoms with van der Waals surface area (Å²) in [4.78, 5) is 19.2. The van der Waals surface area contributed by atoms with E-state index in [1.807, 2.05) is 0 Å². The van der Waals surface area contributed by atoms with Crippen molar-refractivity contribution in [2.24, 2.45) is 0 Å². The zero-order valence-electron chi connectivity index (χ0n) is 23.0. The van der Waals surface area contributed by atoms with E-state index in [1.165, 1.54) is 12.1 Å². The summed E-state index contributed by atoms with van der Waals surface area (Å²) in [5.41, 5.74) is 1.47. The quantitative estimate of drug-likeness (QED) is 0.0951. The van der Waals surface area contributed by atoms with Crippen LogP contribution in [0.4, 0.5) is 27.6 Å². The maximum absolute atomic E-state index is 13.4. The SMILES string of the molecule is C=CC(CCCCN(C(=O)CCC(=C)F)c1cccc(-c2cccc(OC(F)(F)C(F)F)c2)c1)c1nc(C2CC2)no1. The van der Waals surface area contributed by atoms with E-state index in [2.05, 4.69) is 28.0 Å². The summed E-state index contributed by atoms with van der Waals surface area (Å²) in [6, 6.07) is 12.1. The van der Waals surface area contributed by atoms with Gasteiger partial charge in [0.1, 0.15) is 5.75 Å². The minimum atomic E-state index is -4.64. The van der Waals surface area contributed by atoms with Crippen LogP contribution in [0.1, 0.15) is 68.5 Å². The van der Waals surface area contributed by atoms with Crippen LogP contribution < -0.4 is 9.64 Å². The number of rotatable bonds is 16. The Morgan fingerprint density at radius 1 is 1.12 bits per heavy atom. The molecule has 1 aliphatic carbocycles. The first-order valence-corrected chi connectivity index (χ1v) is 13.7. The summed E-state index contributed by atoms with van der Waals surface area (Å²) in [5, 5.41) is 4.06. The van der Waals surface area contributed by atoms with Gasteiger partial charge in [-0.25, -0.2) is 4.39 Å². The molecular formula is C31H32F5N3O3. The summed E-state index contributed by atoms with van der Waals surface area (Å²) in [6.45, 7) is 7.44. The number of nitrogens with zero attached hydrogens (tertiary/aromatic N) is 3. The van der Waals surface area contributed by atoms with E-state index in [9.17, 15) is 26.7 Å². The molecule has 224 valence electrons. The van der Waals surface area contributed by atoms with Gasteiger partial charge in [-0.05, 0) is 61.1 Å². The van der Waals surface area contributed by atoms with Gasteiger partial charge in [0.2, 0.25) is 11.8 Å². The number of unbranched alkanes of at least 4 members (excludes halogenated alkanes) is 1. The normalized spacial score (nSPS) is 14.0. The second-order valence-electron chi connectivity index (χ2n) is 10.2. The number of anilines is 1. The molecule has 1 heterocycles. The maximum atomic E-state index is 13.4. The molecule has 6 nitrogen and oxygen atoms in total. The molecule has 1 unspecified atom stereocenters. The van der Waals surface area contributed by atoms with E-state index < -0.39 is 24.1 Å². The molecule has 1 aromatic heterocycles. The number of halogens is 5. The molecule has 0 saturated heterocycles. The fraction of sp³-hybridized carbons (Fsp3) is 0.387. The van der Waals surface area contributed by atoms with Gasteiger partial charge in [-0.1, -0.05) is 48.5 Å². The topological polar surface area (TPSA) is 68.5 Å². The number of aromatic nitrogens is 2. The number of carbonyl (C=O) groups is 1. The second kappa shape index (κ2) is 13.8. The van der Waals surface area contributed by atoms with E-state index in [1.54, 1.807) is 41.3 Å². The molecule has 11 heteroatoms. The Hall–Kier alpha value is -4.02. The minimum Gasteiger partial charge on any atom is -0.428 e. The summed E-state index contributed by atoms with van der Waals surface area (Å²) >= 11 is 0. The Kier molecular flexibility index (Phi) is 10.1. The molecule has 1 amide bonds. The minimum absolute atomic E-state index is 0.0905. The third-order valence-electron chi connectivity index (χ3n) is 6.89. The Balaban J connectivity index is 1.46. The lowest BCUT2D eigenvalue weighted by molar-refractivity contribution is -0.253. The van der Waals surface area contributed by atoms with Gasteiger partial charge in [0.05, 0.1) is 11.7 Å². The van der Waals surface area contributed by atoms with Gasteiger partial charge in [0.15, 0.2) is 5.82 Å². The first-order valence-electron chi connectivity index (χ1n) is 13.7. The molecule has 0 N–H and O–H groups in total. The lowest BCUT2D eigenvalue weighted by atomic mass is 10.0. The Labute approximate surface area is 240 Å². The van der Waals surface area contributed by atoms with Crippen LogP contribution in [0.5, 0.6) is 5.75 Å². The van der Waals surface area contributed by atoms with Gasteiger partial charge < -0.3 is 14.2 Å². The highest BCUT2D eigenvalue weighted by atomic mass is 19.3. The number of carbonyl (C=O) groups excluding carboxylic acids is 1. The van der Waals surface area contributed by atoms with Crippen LogP contribution in [0.15, 0.2) is 78.1 Å². The first kappa shape index (κ1) is 30.9. The molecule has 1 fully saturated rings. The summed E-state index contributed by atoms with van der Waals surface area (Å²) in [6.07, 6.45) is -2.97. The Morgan fingerprint density at radius 2 is 1.83 bits per heavy atom. The third kappa shape index (κ3) is 8.27. The van der Waals surface area contributed by atoms with Crippen LogP contribution in [0, 0.1) is 0 Å². The van der Waals surface area contributed by atoms with E-state index >= 15 is 0 Å². The van der Waals surface area contributed by atoms with Crippen molar-refractivity contribution in [2.75, 3.05) is 11.4 Å². The standard InChI is InChI=1S/C31H32F5N3O3/c1-3-21(29-37-28(38-42-29)22-14-15-22)8-4-5-17-39(27(40)16-13-20(2)32)25-11-6-9-23(18-25)24-10-7-12-26(19-24)41-31(35,36)30(33)34/h3,6-7,9-12,18-19,21-22,30H,1-2,4-5,8,13-17H2. The molecule has 1 atom stereocenters. The molecule has 0 aliphatic heterocycles. The lowest BCUT2D eigenvalue weighted by Gasteiger charge is -2.24. The smallest absolute Gasteiger partial charge is 0.428 e. The van der Waals surface area contributed by atoms with E-state index in [0.29, 0.717) is 54.4 Å². The molecule has 2 aromatic carbocycles. The van der Waals surface area contributed by atoms with Crippen molar-refractivity contribution in [1.29, 1.82) is 0 Å². The van der Waals surface area contributed by atoms with Crippen LogP contribution in [0.25, 0.3) is 11.1 Å². The van der Waals surface area contributed by atoms with Gasteiger partial charge in [0.25, 0.3) is 0 Å². The molecule has 0 bridgehead atoms. The maximum Gasteiger partial charge on any atom is 0.461 e. The highest BCUT2D eigenvalue weighted by Crippen LogP contribution is 2.39. The second-order valence-corrected chi connectivity index (χ2v) is 10.2. The van der Waals surface area contributed by atoms with Crippen LogP contribution in [0.2, 0.25) is 0 Å². The zero-order chi connectivity index (χ0) is 30.3. The fourth-order valence-corrected chi connectivity index (χ4v) is 4.45. The summed E-state index contributed by atoms with van der Waals surface area (Å²) < 4.78 is 75.1. The van der Waals surface area contributed by atoms with Crippen LogP contribution in [-0.2, 0) is 4.79 Å². The van der Waals surface area contributed by atoms with E-state index in [0.717, 1.165) is 24.7 Å². The number of benzene rings is 2. The third-order valence-corrected chi connectivity index (χ3v) is 6.89. The zero-order valence-corrected chi connectivity index (χ0v) is 23.0. The van der Waals surface area contributed by atoms with E-state index in [-0.39, 0.29) is 24.7 Å². The lowest BCUT2D eigenvalue weighted by Crippen LogP contribution is -2.33. The first-order chi connectivity index (χ1) is 20.1. The van der Waals surface area contributed by atoms with Crippen LogP contribution >= 0.6 is 0 Å². The highest BCUT2D eigenvalue weighted by Gasteiger charge is 2.44. The van der Waals surface area contributed by atoms with Gasteiger partial charge in [-0.15, -0.1) is 6.58 Å². The molecule has 42 heavy (non-hydrogen) atoms. The van der Waals surface area contributed by atoms with Crippen molar-refractivity contribution in [2.45, 2.75) is 69.3 Å². The monoisotopic (exact) mass is 589 g/mol. The van der Waals surface area contributed by atoms with Crippen molar-refractivity contribution in [3.05, 3.63) is 85.3 Å². The van der Waals surface area contributed by atoms with Gasteiger partial charge in [-0.2, -0.15) is 22.5 Å². The summed E-state index contributed by atoms with van der Waals surface area (Å²) in [7, 11) is 0. The van der Waals surface area contributed by atoms with Crippen molar-refractivity contribution in [3.8, 4) is 16.9 Å². The molecule has 0 radical (unpaired) electrons. The largest absolute Gasteiger partial charge is 0.461 e. The van der Waals surface area contributed by atoms with Crippen LogP contribution in [0.3, 0.4) is 0 Å². The molecule has 3 aromatic rings. The fourth-order valence-electron chi connectivity index (χ4n) is 4.45. The average Bonchev–Trinajstić information content (AvgIpc) is 3.70. The molecule has 4 rings (SSSR count). The van der Waals surface area contributed by atoms with Crippen molar-refractivity contribution >= 4 is 11.6 Å². The van der Waals surface area contributed by atoms with E-state index in [4.69, 9.17) is 4.52 Å². The number of alkyl halides is 4. The predicted octanol–water partition coefficient (Wildman–Crippen LogP) is 8.59. The number of hydrogen-bond donors (Lipinski definition) is 0. The molecule has 1 saturated carbocycles. The number of ether oxygens (including phenoxy) is 1. The van der Waals surface area contributed by atoms with Gasteiger partial charge >= 0.3 is 12.5 Å². The summed E-state index contributed by atoms with van der Waals surface area (Å²) in [5.74, 6) is 0.144. The molecular weight excluding hydrogens is 557 g/mol. The number of allylic oxidation sites excluding steroid dienone is 2. The van der Waals surface area contributed by atoms with Crippen LogP contribution in [-0.4, -0.2) is 35.1 Å². The predicted molar refractivity (Wildman–Crippen MR) is 148 cm³/mol. The molecule has 1 aliphatic rings. The number of amides is 1. The Bertz CT molecular complexity index is 1390. The number of hydrogen-bond acceptors (Lipinski definition) is 5. The van der Waals surface area contributed by atoms with Crippen molar-refractivity contribution < 1.29 is 36.0 Å². The van der Waals surface area contributed by atoms with Gasteiger partial charge in [-0.3, -0.25) is 4.79 Å². The van der Waals surface area contributed by atoms with Gasteiger partial charge in [0, 0.05) is 31.0 Å². The average molecular weight is 590 g/mol. The molecule has 0 spiro atoms. The van der Waals surface area contributed by atoms with Crippen molar-refractivity contribution in [1.82, 2.24) is 10.1 Å².